The molecule has 1 aromatic heterocycles. The Balaban J connectivity index is 2.24. The fourth-order valence-corrected chi connectivity index (χ4v) is 2.61. The van der Waals surface area contributed by atoms with Crippen LogP contribution in [-0.2, 0) is 10.0 Å². The van der Waals surface area contributed by atoms with Crippen LogP contribution >= 0.6 is 0 Å². The SMILES string of the molecule is CC(O)c1ccc(NS(=O)(=O)c2cncc(F)c2)cc1. The number of aromatic nitrogens is 1. The van der Waals surface area contributed by atoms with Crippen LogP contribution < -0.4 is 4.72 Å². The third kappa shape index (κ3) is 3.31. The van der Waals surface area contributed by atoms with Crippen molar-refractivity contribution in [2.45, 2.75) is 17.9 Å². The molecule has 7 heteroatoms. The number of sulfonamides is 1. The number of hydrogen-bond acceptors (Lipinski definition) is 4. The highest BCUT2D eigenvalue weighted by atomic mass is 32.2. The van der Waals surface area contributed by atoms with Gasteiger partial charge in [0.25, 0.3) is 10.0 Å². The second kappa shape index (κ2) is 5.56. The minimum atomic E-state index is -3.88. The zero-order valence-electron chi connectivity index (χ0n) is 10.6. The van der Waals surface area contributed by atoms with Crippen molar-refractivity contribution in [1.82, 2.24) is 4.98 Å². The predicted octanol–water partition coefficient (Wildman–Crippen LogP) is 2.07. The van der Waals surface area contributed by atoms with Gasteiger partial charge in [-0.2, -0.15) is 0 Å². The number of nitrogens with one attached hydrogen (secondary N) is 1. The second-order valence-corrected chi connectivity index (χ2v) is 5.92. The van der Waals surface area contributed by atoms with Crippen molar-refractivity contribution in [3.05, 3.63) is 54.1 Å². The number of aliphatic hydroxyl groups is 1. The molecular weight excluding hydrogens is 283 g/mol. The van der Waals surface area contributed by atoms with Crippen LogP contribution in [0.5, 0.6) is 0 Å². The summed E-state index contributed by atoms with van der Waals surface area (Å²) >= 11 is 0. The van der Waals surface area contributed by atoms with E-state index in [1.165, 1.54) is 12.1 Å². The molecule has 1 atom stereocenters. The number of nitrogens with zero attached hydrogens (tertiary/aromatic N) is 1. The summed E-state index contributed by atoms with van der Waals surface area (Å²) in [4.78, 5) is 3.25. The summed E-state index contributed by atoms with van der Waals surface area (Å²) in [6.07, 6.45) is 1.36. The van der Waals surface area contributed by atoms with Crippen LogP contribution in [0.15, 0.2) is 47.6 Å². The standard InChI is InChI=1S/C13H13FN2O3S/c1-9(17)10-2-4-12(5-3-10)16-20(18,19)13-6-11(14)7-15-8-13/h2-9,16-17H,1H3. The quantitative estimate of drug-likeness (QED) is 0.905. The fraction of sp³-hybridized carbons (Fsp3) is 0.154. The van der Waals surface area contributed by atoms with Gasteiger partial charge in [-0.1, -0.05) is 12.1 Å². The molecule has 1 aromatic carbocycles. The lowest BCUT2D eigenvalue weighted by Gasteiger charge is -2.09. The van der Waals surface area contributed by atoms with E-state index in [-0.39, 0.29) is 4.90 Å². The summed E-state index contributed by atoms with van der Waals surface area (Å²) < 4.78 is 39.3. The van der Waals surface area contributed by atoms with Gasteiger partial charge in [0.05, 0.1) is 12.3 Å². The zero-order valence-corrected chi connectivity index (χ0v) is 11.4. The molecule has 5 nitrogen and oxygen atoms in total. The van der Waals surface area contributed by atoms with E-state index in [2.05, 4.69) is 9.71 Å². The third-order valence-corrected chi connectivity index (χ3v) is 3.98. The van der Waals surface area contributed by atoms with E-state index in [1.807, 2.05) is 0 Å². The summed E-state index contributed by atoms with van der Waals surface area (Å²) in [6.45, 7) is 1.61. The molecule has 0 saturated heterocycles. The highest BCUT2D eigenvalue weighted by molar-refractivity contribution is 7.92. The van der Waals surface area contributed by atoms with E-state index in [1.54, 1.807) is 19.1 Å². The molecule has 20 heavy (non-hydrogen) atoms. The summed E-state index contributed by atoms with van der Waals surface area (Å²) in [5.74, 6) is -0.725. The molecule has 106 valence electrons. The predicted molar refractivity (Wildman–Crippen MR) is 72.1 cm³/mol. The molecule has 1 heterocycles. The first-order valence-electron chi connectivity index (χ1n) is 5.80. The summed E-state index contributed by atoms with van der Waals surface area (Å²) in [5, 5.41) is 9.37. The number of pyridine rings is 1. The molecule has 0 amide bonds. The molecule has 0 bridgehead atoms. The first-order valence-corrected chi connectivity index (χ1v) is 7.28. The molecule has 0 radical (unpaired) electrons. The molecule has 0 aliphatic rings. The highest BCUT2D eigenvalue weighted by Gasteiger charge is 2.15. The number of benzene rings is 1. The molecule has 0 aliphatic carbocycles. The van der Waals surface area contributed by atoms with Gasteiger partial charge < -0.3 is 5.11 Å². The fourth-order valence-electron chi connectivity index (χ4n) is 1.58. The van der Waals surface area contributed by atoms with Gasteiger partial charge in [0.2, 0.25) is 0 Å². The molecule has 0 fully saturated rings. The van der Waals surface area contributed by atoms with Crippen molar-refractivity contribution >= 4 is 15.7 Å². The summed E-state index contributed by atoms with van der Waals surface area (Å²) in [5.41, 5.74) is 0.985. The average molecular weight is 296 g/mol. The Morgan fingerprint density at radius 1 is 1.25 bits per heavy atom. The van der Waals surface area contributed by atoms with Crippen LogP contribution in [0.4, 0.5) is 10.1 Å². The van der Waals surface area contributed by atoms with Crippen LogP contribution in [-0.4, -0.2) is 18.5 Å². The van der Waals surface area contributed by atoms with Gasteiger partial charge in [0.15, 0.2) is 0 Å². The topological polar surface area (TPSA) is 79.3 Å². The van der Waals surface area contributed by atoms with E-state index in [0.717, 1.165) is 18.5 Å². The lowest BCUT2D eigenvalue weighted by molar-refractivity contribution is 0.199. The van der Waals surface area contributed by atoms with Crippen LogP contribution in [0.25, 0.3) is 0 Å². The Morgan fingerprint density at radius 2 is 1.90 bits per heavy atom. The van der Waals surface area contributed by atoms with Gasteiger partial charge in [-0.3, -0.25) is 9.71 Å². The minimum Gasteiger partial charge on any atom is -0.389 e. The van der Waals surface area contributed by atoms with E-state index >= 15 is 0 Å². The van der Waals surface area contributed by atoms with Crippen molar-refractivity contribution in [1.29, 1.82) is 0 Å². The average Bonchev–Trinajstić information content (AvgIpc) is 2.39. The maximum atomic E-state index is 13.0. The molecule has 0 spiro atoms. The van der Waals surface area contributed by atoms with E-state index < -0.39 is 21.9 Å². The van der Waals surface area contributed by atoms with Crippen LogP contribution in [0.3, 0.4) is 0 Å². The minimum absolute atomic E-state index is 0.253. The van der Waals surface area contributed by atoms with Gasteiger partial charge in [0.1, 0.15) is 10.7 Å². The molecule has 2 N–H and O–H groups in total. The Labute approximate surface area is 116 Å². The molecule has 1 unspecified atom stereocenters. The van der Waals surface area contributed by atoms with E-state index in [0.29, 0.717) is 11.3 Å². The number of rotatable bonds is 4. The Hall–Kier alpha value is -1.99. The normalized spacial score (nSPS) is 12.9. The molecule has 0 aliphatic heterocycles. The van der Waals surface area contributed by atoms with Gasteiger partial charge in [-0.25, -0.2) is 12.8 Å². The smallest absolute Gasteiger partial charge is 0.263 e. The van der Waals surface area contributed by atoms with Gasteiger partial charge in [-0.05, 0) is 30.7 Å². The van der Waals surface area contributed by atoms with Crippen LogP contribution in [0.1, 0.15) is 18.6 Å². The number of halogens is 1. The van der Waals surface area contributed by atoms with Crippen molar-refractivity contribution in [2.75, 3.05) is 4.72 Å². The van der Waals surface area contributed by atoms with Crippen LogP contribution in [0, 0.1) is 5.82 Å². The highest BCUT2D eigenvalue weighted by Crippen LogP contribution is 2.19. The number of anilines is 1. The van der Waals surface area contributed by atoms with Crippen molar-refractivity contribution in [3.8, 4) is 0 Å². The third-order valence-electron chi connectivity index (χ3n) is 2.64. The van der Waals surface area contributed by atoms with Gasteiger partial charge in [0, 0.05) is 11.9 Å². The first kappa shape index (κ1) is 14.4. The largest absolute Gasteiger partial charge is 0.389 e. The van der Waals surface area contributed by atoms with Crippen molar-refractivity contribution < 1.29 is 17.9 Å². The number of hydrogen-bond donors (Lipinski definition) is 2. The van der Waals surface area contributed by atoms with Crippen molar-refractivity contribution in [3.63, 3.8) is 0 Å². The van der Waals surface area contributed by atoms with Crippen molar-refractivity contribution in [2.24, 2.45) is 0 Å². The number of aliphatic hydroxyl groups excluding tert-OH is 1. The Bertz CT molecular complexity index is 700. The monoisotopic (exact) mass is 296 g/mol. The molecule has 0 saturated carbocycles. The molecule has 2 aromatic rings. The van der Waals surface area contributed by atoms with Gasteiger partial charge in [-0.15, -0.1) is 0 Å². The lowest BCUT2D eigenvalue weighted by Crippen LogP contribution is -2.13. The molecular formula is C13H13FN2O3S. The maximum absolute atomic E-state index is 13.0. The summed E-state index contributed by atoms with van der Waals surface area (Å²) in [6, 6.07) is 7.14. The first-order chi connectivity index (χ1) is 9.38. The Kier molecular flexibility index (Phi) is 4.01. The molecule has 2 rings (SSSR count). The van der Waals surface area contributed by atoms with Crippen LogP contribution in [0.2, 0.25) is 0 Å². The maximum Gasteiger partial charge on any atom is 0.263 e. The van der Waals surface area contributed by atoms with E-state index in [4.69, 9.17) is 0 Å². The zero-order chi connectivity index (χ0) is 14.8. The Morgan fingerprint density at radius 3 is 2.45 bits per heavy atom. The van der Waals surface area contributed by atoms with Gasteiger partial charge >= 0.3 is 0 Å². The lowest BCUT2D eigenvalue weighted by atomic mass is 10.1. The van der Waals surface area contributed by atoms with E-state index in [9.17, 15) is 17.9 Å². The summed E-state index contributed by atoms with van der Waals surface area (Å²) in [7, 11) is -3.88. The second-order valence-electron chi connectivity index (χ2n) is 4.24.